The van der Waals surface area contributed by atoms with E-state index in [-0.39, 0.29) is 0 Å². The molecule has 0 bridgehead atoms. The minimum Gasteiger partial charge on any atom is -0.375 e. The molecule has 4 nitrogen and oxygen atoms in total. The largest absolute Gasteiger partial charge is 0.375 e. The van der Waals surface area contributed by atoms with Gasteiger partial charge in [0, 0.05) is 52.9 Å². The van der Waals surface area contributed by atoms with Crippen molar-refractivity contribution in [1.29, 1.82) is 0 Å². The van der Waals surface area contributed by atoms with Gasteiger partial charge in [0.2, 0.25) is 0 Å². The van der Waals surface area contributed by atoms with Gasteiger partial charge in [-0.05, 0) is 24.1 Å². The molecule has 3 rings (SSSR count). The van der Waals surface area contributed by atoms with Crippen LogP contribution >= 0.6 is 11.3 Å². The number of nitrogens with zero attached hydrogens (tertiary/aromatic N) is 2. The first-order valence-electron chi connectivity index (χ1n) is 7.68. The van der Waals surface area contributed by atoms with Gasteiger partial charge in [-0.15, -0.1) is 11.3 Å². The Balaban J connectivity index is 1.54. The highest BCUT2D eigenvalue weighted by atomic mass is 32.2. The van der Waals surface area contributed by atoms with Gasteiger partial charge in [0.25, 0.3) is 0 Å². The highest BCUT2D eigenvalue weighted by molar-refractivity contribution is 7.84. The van der Waals surface area contributed by atoms with E-state index in [1.54, 1.807) is 17.6 Å². The number of fused-ring (bicyclic) bond motifs is 1. The quantitative estimate of drug-likeness (QED) is 0.923. The van der Waals surface area contributed by atoms with Crippen molar-refractivity contribution in [3.8, 4) is 0 Å². The first-order chi connectivity index (χ1) is 11.1. The Kier molecular flexibility index (Phi) is 5.25. The Bertz CT molecular complexity index is 696. The minimum absolute atomic E-state index is 0.694. The molecule has 2 N–H and O–H groups in total. The van der Waals surface area contributed by atoms with Crippen molar-refractivity contribution in [2.45, 2.75) is 17.7 Å². The normalized spacial score (nSPS) is 17.1. The summed E-state index contributed by atoms with van der Waals surface area (Å²) in [6.45, 7) is 3.01. The average Bonchev–Trinajstić information content (AvgIpc) is 2.79. The molecule has 1 aromatic heterocycles. The second-order valence-corrected chi connectivity index (χ2v) is 8.14. The standard InChI is InChI=1S/C17H21N3OS2/c1-23(21)14-6-4-13(5-7-14)3-2-10-20-11-8-15-16(9-12-20)22-17(18)19-15/h2-7H,8-12H2,1H3,(H2,18,19). The number of anilines is 1. The molecule has 1 unspecified atom stereocenters. The van der Waals surface area contributed by atoms with Crippen molar-refractivity contribution in [3.63, 3.8) is 0 Å². The van der Waals surface area contributed by atoms with Crippen LogP contribution in [0.15, 0.2) is 35.2 Å². The zero-order valence-corrected chi connectivity index (χ0v) is 14.8. The zero-order valence-electron chi connectivity index (χ0n) is 13.2. The first kappa shape index (κ1) is 16.4. The Labute approximate surface area is 143 Å². The molecule has 0 amide bonds. The maximum atomic E-state index is 11.4. The number of thiazole rings is 1. The van der Waals surface area contributed by atoms with E-state index in [0.717, 1.165) is 42.9 Å². The summed E-state index contributed by atoms with van der Waals surface area (Å²) in [5.41, 5.74) is 8.11. The van der Waals surface area contributed by atoms with Crippen LogP contribution in [0.4, 0.5) is 5.13 Å². The third-order valence-corrected chi connectivity index (χ3v) is 5.92. The smallest absolute Gasteiger partial charge is 0.180 e. The molecular formula is C17H21N3OS2. The van der Waals surface area contributed by atoms with Crippen LogP contribution in [0.5, 0.6) is 0 Å². The van der Waals surface area contributed by atoms with Gasteiger partial charge in [0.1, 0.15) is 0 Å². The van der Waals surface area contributed by atoms with Crippen LogP contribution in [-0.2, 0) is 23.6 Å². The van der Waals surface area contributed by atoms with Gasteiger partial charge in [-0.25, -0.2) is 4.98 Å². The number of aromatic nitrogens is 1. The molecule has 2 heterocycles. The number of nitrogen functional groups attached to an aromatic ring is 1. The Morgan fingerprint density at radius 2 is 2.04 bits per heavy atom. The molecule has 23 heavy (non-hydrogen) atoms. The lowest BCUT2D eigenvalue weighted by molar-refractivity contribution is 0.318. The fourth-order valence-electron chi connectivity index (χ4n) is 2.72. The van der Waals surface area contributed by atoms with Gasteiger partial charge in [-0.1, -0.05) is 24.3 Å². The minimum atomic E-state index is -0.912. The zero-order chi connectivity index (χ0) is 16.2. The maximum Gasteiger partial charge on any atom is 0.180 e. The molecular weight excluding hydrogens is 326 g/mol. The van der Waals surface area contributed by atoms with Crippen molar-refractivity contribution in [2.24, 2.45) is 0 Å². The van der Waals surface area contributed by atoms with Crippen LogP contribution in [0.1, 0.15) is 16.1 Å². The molecule has 0 saturated carbocycles. The van der Waals surface area contributed by atoms with E-state index in [4.69, 9.17) is 5.73 Å². The van der Waals surface area contributed by atoms with Crippen LogP contribution < -0.4 is 5.73 Å². The van der Waals surface area contributed by atoms with Gasteiger partial charge in [-0.3, -0.25) is 9.11 Å². The van der Waals surface area contributed by atoms with Crippen molar-refractivity contribution in [3.05, 3.63) is 46.5 Å². The summed E-state index contributed by atoms with van der Waals surface area (Å²) in [6, 6.07) is 7.88. The van der Waals surface area contributed by atoms with E-state index in [2.05, 4.69) is 22.0 Å². The Hall–Kier alpha value is -1.50. The van der Waals surface area contributed by atoms with Crippen molar-refractivity contribution in [1.82, 2.24) is 9.88 Å². The van der Waals surface area contributed by atoms with E-state index in [1.165, 1.54) is 10.6 Å². The predicted octanol–water partition coefficient (Wildman–Crippen LogP) is 2.58. The molecule has 0 saturated heterocycles. The van der Waals surface area contributed by atoms with Crippen LogP contribution in [0, 0.1) is 0 Å². The summed E-state index contributed by atoms with van der Waals surface area (Å²) in [4.78, 5) is 9.08. The molecule has 122 valence electrons. The van der Waals surface area contributed by atoms with Gasteiger partial charge >= 0.3 is 0 Å². The molecule has 1 aromatic carbocycles. The van der Waals surface area contributed by atoms with Crippen molar-refractivity contribution >= 4 is 33.3 Å². The van der Waals surface area contributed by atoms with Crippen LogP contribution in [0.25, 0.3) is 6.08 Å². The average molecular weight is 348 g/mol. The SMILES string of the molecule is CS(=O)c1ccc(C=CCN2CCc3nc(N)sc3CC2)cc1. The monoisotopic (exact) mass is 347 g/mol. The second kappa shape index (κ2) is 7.38. The predicted molar refractivity (Wildman–Crippen MR) is 98.2 cm³/mol. The summed E-state index contributed by atoms with van der Waals surface area (Å²) in [5, 5.41) is 0.694. The fourth-order valence-corrected chi connectivity index (χ4v) is 4.11. The molecule has 1 atom stereocenters. The second-order valence-electron chi connectivity index (χ2n) is 5.65. The molecule has 0 radical (unpaired) electrons. The lowest BCUT2D eigenvalue weighted by Gasteiger charge is -2.17. The van der Waals surface area contributed by atoms with E-state index in [0.29, 0.717) is 5.13 Å². The van der Waals surface area contributed by atoms with E-state index in [9.17, 15) is 4.21 Å². The summed E-state index contributed by atoms with van der Waals surface area (Å²) >= 11 is 1.63. The van der Waals surface area contributed by atoms with Crippen LogP contribution in [-0.4, -0.2) is 40.0 Å². The molecule has 0 fully saturated rings. The van der Waals surface area contributed by atoms with E-state index >= 15 is 0 Å². The summed E-state index contributed by atoms with van der Waals surface area (Å²) < 4.78 is 11.4. The van der Waals surface area contributed by atoms with Gasteiger partial charge in [0.15, 0.2) is 5.13 Å². The Morgan fingerprint density at radius 3 is 2.78 bits per heavy atom. The lowest BCUT2D eigenvalue weighted by Crippen LogP contribution is -2.26. The maximum absolute atomic E-state index is 11.4. The highest BCUT2D eigenvalue weighted by Crippen LogP contribution is 2.24. The number of nitrogens with two attached hydrogens (primary N) is 1. The van der Waals surface area contributed by atoms with Gasteiger partial charge in [-0.2, -0.15) is 0 Å². The molecule has 0 spiro atoms. The number of benzene rings is 1. The molecule has 1 aliphatic rings. The molecule has 2 aromatic rings. The van der Waals surface area contributed by atoms with E-state index in [1.807, 2.05) is 24.3 Å². The van der Waals surface area contributed by atoms with Gasteiger partial charge in [0.05, 0.1) is 5.69 Å². The molecule has 0 aliphatic carbocycles. The molecule has 6 heteroatoms. The molecule has 1 aliphatic heterocycles. The number of hydrogen-bond donors (Lipinski definition) is 1. The number of rotatable bonds is 4. The van der Waals surface area contributed by atoms with E-state index < -0.39 is 10.8 Å². The summed E-state index contributed by atoms with van der Waals surface area (Å²) in [5.74, 6) is 0. The topological polar surface area (TPSA) is 59.2 Å². The third-order valence-electron chi connectivity index (χ3n) is 4.00. The number of hydrogen-bond acceptors (Lipinski definition) is 5. The summed E-state index contributed by atoms with van der Waals surface area (Å²) in [7, 11) is -0.912. The summed E-state index contributed by atoms with van der Waals surface area (Å²) in [6.07, 6.45) is 8.03. The Morgan fingerprint density at radius 1 is 1.30 bits per heavy atom. The fraction of sp³-hybridized carbons (Fsp3) is 0.353. The van der Waals surface area contributed by atoms with Crippen LogP contribution in [0.3, 0.4) is 0 Å². The van der Waals surface area contributed by atoms with Crippen molar-refractivity contribution in [2.75, 3.05) is 31.6 Å². The van der Waals surface area contributed by atoms with Gasteiger partial charge < -0.3 is 5.73 Å². The lowest BCUT2D eigenvalue weighted by atomic mass is 10.2. The third kappa shape index (κ3) is 4.28. The van der Waals surface area contributed by atoms with Crippen LogP contribution in [0.2, 0.25) is 0 Å². The van der Waals surface area contributed by atoms with Crippen molar-refractivity contribution < 1.29 is 4.21 Å². The first-order valence-corrected chi connectivity index (χ1v) is 10.1. The highest BCUT2D eigenvalue weighted by Gasteiger charge is 2.16.